The molecule has 1 aromatic rings. The monoisotopic (exact) mass is 237 g/mol. The number of rotatable bonds is 5. The van der Waals surface area contributed by atoms with Gasteiger partial charge in [-0.25, -0.2) is 4.39 Å². The maximum atomic E-state index is 12.8. The number of hydrogen-bond acceptors (Lipinski definition) is 3. The van der Waals surface area contributed by atoms with Crippen molar-refractivity contribution in [2.45, 2.75) is 32.4 Å². The van der Waals surface area contributed by atoms with Gasteiger partial charge in [-0.1, -0.05) is 6.92 Å². The molecule has 4 heteroatoms. The van der Waals surface area contributed by atoms with Crippen molar-refractivity contribution in [2.24, 2.45) is 0 Å². The average molecular weight is 237 g/mol. The minimum atomic E-state index is -0.270. The van der Waals surface area contributed by atoms with Crippen LogP contribution in [-0.2, 0) is 0 Å². The predicted molar refractivity (Wildman–Crippen MR) is 66.3 cm³/mol. The van der Waals surface area contributed by atoms with Gasteiger partial charge < -0.3 is 5.32 Å². The first-order valence-corrected chi connectivity index (χ1v) is 6.30. The lowest BCUT2D eigenvalue weighted by Gasteiger charge is -2.41. The van der Waals surface area contributed by atoms with Gasteiger partial charge in [0.25, 0.3) is 0 Å². The molecule has 3 nitrogen and oxygen atoms in total. The van der Waals surface area contributed by atoms with Crippen LogP contribution in [0.4, 0.5) is 4.39 Å². The molecule has 2 rings (SSSR count). The summed E-state index contributed by atoms with van der Waals surface area (Å²) in [6.07, 6.45) is 2.43. The number of nitrogens with one attached hydrogen (secondary N) is 1. The van der Waals surface area contributed by atoms with Gasteiger partial charge in [-0.05, 0) is 32.0 Å². The maximum Gasteiger partial charge on any atom is 0.141 e. The van der Waals surface area contributed by atoms with Gasteiger partial charge in [0.2, 0.25) is 0 Å². The second-order valence-corrected chi connectivity index (χ2v) is 4.63. The number of nitrogens with zero attached hydrogens (tertiary/aromatic N) is 2. The first-order valence-electron chi connectivity index (χ1n) is 6.30. The molecule has 0 aliphatic carbocycles. The molecule has 0 radical (unpaired) electrons. The van der Waals surface area contributed by atoms with E-state index in [2.05, 4.69) is 29.0 Å². The Balaban J connectivity index is 2.09. The molecule has 0 bridgehead atoms. The molecule has 1 N–H and O–H groups in total. The Labute approximate surface area is 102 Å². The Morgan fingerprint density at radius 2 is 2.29 bits per heavy atom. The van der Waals surface area contributed by atoms with E-state index in [1.54, 1.807) is 6.07 Å². The third-order valence-corrected chi connectivity index (χ3v) is 3.39. The van der Waals surface area contributed by atoms with Crippen molar-refractivity contribution < 1.29 is 4.39 Å². The van der Waals surface area contributed by atoms with E-state index < -0.39 is 0 Å². The van der Waals surface area contributed by atoms with Crippen LogP contribution in [0.1, 0.15) is 32.0 Å². The lowest BCUT2D eigenvalue weighted by molar-refractivity contribution is 0.101. The van der Waals surface area contributed by atoms with Crippen molar-refractivity contribution >= 4 is 0 Å². The highest BCUT2D eigenvalue weighted by Gasteiger charge is 2.28. The zero-order valence-electron chi connectivity index (χ0n) is 10.5. The van der Waals surface area contributed by atoms with Gasteiger partial charge >= 0.3 is 0 Å². The molecule has 17 heavy (non-hydrogen) atoms. The van der Waals surface area contributed by atoms with Crippen LogP contribution in [0.15, 0.2) is 18.3 Å². The van der Waals surface area contributed by atoms with Gasteiger partial charge in [0.05, 0.1) is 11.9 Å². The molecule has 1 unspecified atom stereocenters. The molecule has 1 aromatic heterocycles. The van der Waals surface area contributed by atoms with E-state index in [9.17, 15) is 4.39 Å². The number of halogens is 1. The van der Waals surface area contributed by atoms with Crippen molar-refractivity contribution in [1.82, 2.24) is 15.2 Å². The fourth-order valence-electron chi connectivity index (χ4n) is 2.26. The summed E-state index contributed by atoms with van der Waals surface area (Å²) in [5, 5.41) is 3.29. The molecule has 1 fully saturated rings. The van der Waals surface area contributed by atoms with Gasteiger partial charge in [-0.3, -0.25) is 9.88 Å². The Bertz CT molecular complexity index is 348. The Morgan fingerprint density at radius 3 is 2.76 bits per heavy atom. The van der Waals surface area contributed by atoms with Crippen LogP contribution < -0.4 is 5.32 Å². The van der Waals surface area contributed by atoms with Crippen LogP contribution in [0.5, 0.6) is 0 Å². The predicted octanol–water partition coefficient (Wildman–Crippen LogP) is 1.97. The molecule has 0 amide bonds. The zero-order chi connectivity index (χ0) is 12.3. The lowest BCUT2D eigenvalue weighted by Crippen LogP contribution is -2.57. The summed E-state index contributed by atoms with van der Waals surface area (Å²) in [7, 11) is 0. The van der Waals surface area contributed by atoms with Crippen molar-refractivity contribution in [3.63, 3.8) is 0 Å². The number of aromatic nitrogens is 1. The summed E-state index contributed by atoms with van der Waals surface area (Å²) in [4.78, 5) is 6.64. The van der Waals surface area contributed by atoms with Crippen molar-refractivity contribution in [3.8, 4) is 0 Å². The normalized spacial score (nSPS) is 18.1. The summed E-state index contributed by atoms with van der Waals surface area (Å²) < 4.78 is 12.8. The molecule has 1 atom stereocenters. The largest absolute Gasteiger partial charge is 0.314 e. The molecule has 0 spiro atoms. The van der Waals surface area contributed by atoms with Gasteiger partial charge in [-0.15, -0.1) is 0 Å². The first kappa shape index (κ1) is 12.5. The lowest BCUT2D eigenvalue weighted by atomic mass is 10.1. The highest BCUT2D eigenvalue weighted by Crippen LogP contribution is 2.22. The van der Waals surface area contributed by atoms with E-state index >= 15 is 0 Å². The maximum absolute atomic E-state index is 12.8. The molecule has 0 saturated carbocycles. The van der Waals surface area contributed by atoms with Crippen LogP contribution >= 0.6 is 0 Å². The smallest absolute Gasteiger partial charge is 0.141 e. The SMILES string of the molecule is CCCN(C1CNC1)C(C)c1ccc(F)cn1. The topological polar surface area (TPSA) is 28.2 Å². The van der Waals surface area contributed by atoms with Gasteiger partial charge in [-0.2, -0.15) is 0 Å². The summed E-state index contributed by atoms with van der Waals surface area (Å²) in [6, 6.07) is 4.12. The van der Waals surface area contributed by atoms with Crippen LogP contribution in [0.3, 0.4) is 0 Å². The van der Waals surface area contributed by atoms with Crippen LogP contribution in [-0.4, -0.2) is 35.6 Å². The van der Waals surface area contributed by atoms with Crippen molar-refractivity contribution in [1.29, 1.82) is 0 Å². The van der Waals surface area contributed by atoms with Crippen LogP contribution in [0.25, 0.3) is 0 Å². The van der Waals surface area contributed by atoms with E-state index in [1.807, 2.05) is 0 Å². The Morgan fingerprint density at radius 1 is 1.53 bits per heavy atom. The van der Waals surface area contributed by atoms with Gasteiger partial charge in [0.15, 0.2) is 0 Å². The summed E-state index contributed by atoms with van der Waals surface area (Å²) >= 11 is 0. The highest BCUT2D eigenvalue weighted by atomic mass is 19.1. The summed E-state index contributed by atoms with van der Waals surface area (Å²) in [5.74, 6) is -0.270. The minimum Gasteiger partial charge on any atom is -0.314 e. The molecule has 2 heterocycles. The van der Waals surface area contributed by atoms with E-state index in [0.29, 0.717) is 6.04 Å². The van der Waals surface area contributed by atoms with Gasteiger partial charge in [0.1, 0.15) is 5.82 Å². The second kappa shape index (κ2) is 5.56. The molecular weight excluding hydrogens is 217 g/mol. The van der Waals surface area contributed by atoms with Crippen molar-refractivity contribution in [2.75, 3.05) is 19.6 Å². The number of pyridine rings is 1. The molecule has 94 valence electrons. The molecule has 1 saturated heterocycles. The summed E-state index contributed by atoms with van der Waals surface area (Å²) in [6.45, 7) is 7.49. The standard InChI is InChI=1S/C13H20FN3/c1-3-6-17(12-8-15-9-12)10(2)13-5-4-11(14)7-16-13/h4-5,7,10,12,15H,3,6,8-9H2,1-2H3. The Hall–Kier alpha value is -1.00. The second-order valence-electron chi connectivity index (χ2n) is 4.63. The fourth-order valence-corrected chi connectivity index (χ4v) is 2.26. The zero-order valence-corrected chi connectivity index (χ0v) is 10.5. The fraction of sp³-hybridized carbons (Fsp3) is 0.615. The average Bonchev–Trinajstić information content (AvgIpc) is 2.26. The van der Waals surface area contributed by atoms with Crippen LogP contribution in [0, 0.1) is 5.82 Å². The van der Waals surface area contributed by atoms with E-state index in [-0.39, 0.29) is 11.9 Å². The molecule has 1 aliphatic rings. The minimum absolute atomic E-state index is 0.252. The van der Waals surface area contributed by atoms with E-state index in [0.717, 1.165) is 31.7 Å². The van der Waals surface area contributed by atoms with E-state index in [4.69, 9.17) is 0 Å². The quantitative estimate of drug-likeness (QED) is 0.848. The summed E-state index contributed by atoms with van der Waals surface area (Å²) in [5.41, 5.74) is 0.951. The van der Waals surface area contributed by atoms with Crippen molar-refractivity contribution in [3.05, 3.63) is 29.8 Å². The highest BCUT2D eigenvalue weighted by molar-refractivity contribution is 5.10. The third kappa shape index (κ3) is 2.82. The first-order chi connectivity index (χ1) is 8.22. The number of hydrogen-bond donors (Lipinski definition) is 1. The Kier molecular flexibility index (Phi) is 4.07. The molecule has 0 aromatic carbocycles. The van der Waals surface area contributed by atoms with Gasteiger partial charge in [0, 0.05) is 25.2 Å². The van der Waals surface area contributed by atoms with E-state index in [1.165, 1.54) is 12.3 Å². The van der Waals surface area contributed by atoms with Crippen LogP contribution in [0.2, 0.25) is 0 Å². The molecule has 1 aliphatic heterocycles. The molecular formula is C13H20FN3. The third-order valence-electron chi connectivity index (χ3n) is 3.39.